The molecule has 3 atom stereocenters. The van der Waals surface area contributed by atoms with Gasteiger partial charge in [0.1, 0.15) is 5.75 Å². The lowest BCUT2D eigenvalue weighted by atomic mass is 9.81. The number of hydrogen-bond donors (Lipinski definition) is 2. The molecule has 0 aliphatic carbocycles. The molecule has 34 heavy (non-hydrogen) atoms. The van der Waals surface area contributed by atoms with E-state index in [4.69, 9.17) is 4.74 Å². The smallest absolute Gasteiger partial charge is 0.308 e. The van der Waals surface area contributed by atoms with Crippen LogP contribution in [0.5, 0.6) is 5.75 Å². The maximum atomic E-state index is 12.1. The highest BCUT2D eigenvalue weighted by Gasteiger charge is 2.34. The number of aliphatic hydroxyl groups is 1. The van der Waals surface area contributed by atoms with Crippen molar-refractivity contribution in [1.82, 2.24) is 14.5 Å². The summed E-state index contributed by atoms with van der Waals surface area (Å²) in [4.78, 5) is 18.7. The maximum absolute atomic E-state index is 12.1. The molecule has 1 fully saturated rings. The molecular formula is C27H35N3O4. The van der Waals surface area contributed by atoms with Gasteiger partial charge >= 0.3 is 5.97 Å². The number of piperidine rings is 1. The molecule has 1 aromatic carbocycles. The van der Waals surface area contributed by atoms with Crippen LogP contribution in [0.4, 0.5) is 0 Å². The summed E-state index contributed by atoms with van der Waals surface area (Å²) in [6.07, 6.45) is 9.33. The molecule has 3 aromatic rings. The zero-order valence-electron chi connectivity index (χ0n) is 20.1. The lowest BCUT2D eigenvalue weighted by molar-refractivity contribution is -0.146. The fourth-order valence-electron chi connectivity index (χ4n) is 5.20. The molecule has 1 saturated heterocycles. The molecule has 4 rings (SSSR count). The maximum Gasteiger partial charge on any atom is 0.308 e. The Labute approximate surface area is 201 Å². The van der Waals surface area contributed by atoms with Crippen molar-refractivity contribution in [1.29, 1.82) is 0 Å². The van der Waals surface area contributed by atoms with Gasteiger partial charge in [0.05, 0.1) is 24.6 Å². The normalized spacial score (nSPS) is 19.9. The number of ether oxygens (including phenoxy) is 1. The Morgan fingerprint density at radius 3 is 2.88 bits per heavy atom. The standard InChI is InChI=1S/C27H35N3O4/c1-29-14-10-19(17-29)4-3-13-30-15-11-20(24(18-30)27(32)33)5-8-26(31)22-9-12-28-25-7-6-21(34-2)16-23(22)25/h6-7,9-10,12,14,16-17,20,24,26,31H,3-5,8,11,13,15,18H2,1-2H3,(H,32,33)/t20-,24+,26?/m1/s1. The van der Waals surface area contributed by atoms with Crippen LogP contribution in [-0.2, 0) is 18.3 Å². The van der Waals surface area contributed by atoms with Gasteiger partial charge < -0.3 is 24.4 Å². The number of aliphatic hydroxyl groups excluding tert-OH is 1. The first kappa shape index (κ1) is 24.2. The number of carboxylic acid groups (broad SMARTS) is 1. The van der Waals surface area contributed by atoms with Crippen LogP contribution in [0.2, 0.25) is 0 Å². The van der Waals surface area contributed by atoms with Gasteiger partial charge in [-0.15, -0.1) is 0 Å². The molecule has 0 amide bonds. The number of carbonyl (C=O) groups is 1. The van der Waals surface area contributed by atoms with Crippen molar-refractivity contribution in [2.45, 2.75) is 38.2 Å². The molecule has 1 unspecified atom stereocenters. The zero-order chi connectivity index (χ0) is 24.1. The zero-order valence-corrected chi connectivity index (χ0v) is 20.1. The minimum atomic E-state index is -0.730. The van der Waals surface area contributed by atoms with Crippen LogP contribution >= 0.6 is 0 Å². The molecule has 0 saturated carbocycles. The number of nitrogens with zero attached hydrogens (tertiary/aromatic N) is 3. The number of likely N-dealkylation sites (tertiary alicyclic amines) is 1. The second kappa shape index (κ2) is 11.0. The summed E-state index contributed by atoms with van der Waals surface area (Å²) >= 11 is 0. The monoisotopic (exact) mass is 465 g/mol. The van der Waals surface area contributed by atoms with Gasteiger partial charge in [-0.2, -0.15) is 0 Å². The van der Waals surface area contributed by atoms with E-state index in [2.05, 4.69) is 32.9 Å². The summed E-state index contributed by atoms with van der Waals surface area (Å²) in [6, 6.07) is 9.62. The van der Waals surface area contributed by atoms with E-state index in [0.29, 0.717) is 19.4 Å². The van der Waals surface area contributed by atoms with E-state index in [0.717, 1.165) is 54.6 Å². The number of methoxy groups -OCH3 is 1. The minimum Gasteiger partial charge on any atom is -0.497 e. The number of fused-ring (bicyclic) bond motifs is 1. The summed E-state index contributed by atoms with van der Waals surface area (Å²) in [5.41, 5.74) is 2.95. The van der Waals surface area contributed by atoms with Crippen LogP contribution in [0.1, 0.15) is 42.9 Å². The Morgan fingerprint density at radius 1 is 1.29 bits per heavy atom. The van der Waals surface area contributed by atoms with Gasteiger partial charge in [0.25, 0.3) is 0 Å². The highest BCUT2D eigenvalue weighted by molar-refractivity contribution is 5.83. The third-order valence-corrected chi connectivity index (χ3v) is 7.14. The second-order valence-corrected chi connectivity index (χ2v) is 9.46. The summed E-state index contributed by atoms with van der Waals surface area (Å²) in [5, 5.41) is 21.8. The van der Waals surface area contributed by atoms with Crippen LogP contribution in [0, 0.1) is 11.8 Å². The van der Waals surface area contributed by atoms with Crippen LogP contribution in [-0.4, -0.2) is 57.4 Å². The van der Waals surface area contributed by atoms with Crippen molar-refractivity contribution in [2.75, 3.05) is 26.7 Å². The van der Waals surface area contributed by atoms with Crippen molar-refractivity contribution in [2.24, 2.45) is 18.9 Å². The summed E-state index contributed by atoms with van der Waals surface area (Å²) in [5.74, 6) is -0.335. The van der Waals surface area contributed by atoms with Gasteiger partial charge in [-0.25, -0.2) is 0 Å². The van der Waals surface area contributed by atoms with Crippen LogP contribution < -0.4 is 4.74 Å². The Kier molecular flexibility index (Phi) is 7.85. The van der Waals surface area contributed by atoms with E-state index in [1.54, 1.807) is 13.3 Å². The van der Waals surface area contributed by atoms with E-state index in [1.807, 2.05) is 31.3 Å². The van der Waals surface area contributed by atoms with Crippen molar-refractivity contribution < 1.29 is 19.7 Å². The van der Waals surface area contributed by atoms with E-state index in [-0.39, 0.29) is 5.92 Å². The Bertz CT molecular complexity index is 1110. The number of carboxylic acids is 1. The van der Waals surface area contributed by atoms with Crippen molar-refractivity contribution >= 4 is 16.9 Å². The van der Waals surface area contributed by atoms with E-state index < -0.39 is 18.0 Å². The molecule has 0 bridgehead atoms. The number of hydrogen-bond acceptors (Lipinski definition) is 5. The average Bonchev–Trinajstić information content (AvgIpc) is 3.26. The van der Waals surface area contributed by atoms with Crippen molar-refractivity contribution in [3.05, 3.63) is 60.0 Å². The van der Waals surface area contributed by atoms with E-state index in [9.17, 15) is 15.0 Å². The Hall–Kier alpha value is -2.90. The molecule has 182 valence electrons. The van der Waals surface area contributed by atoms with Gasteiger partial charge in [-0.05, 0) is 92.6 Å². The number of aromatic nitrogens is 2. The van der Waals surface area contributed by atoms with Gasteiger partial charge in [-0.1, -0.05) is 0 Å². The largest absolute Gasteiger partial charge is 0.497 e. The highest BCUT2D eigenvalue weighted by atomic mass is 16.5. The van der Waals surface area contributed by atoms with Crippen molar-refractivity contribution in [3.63, 3.8) is 0 Å². The lowest BCUT2D eigenvalue weighted by Gasteiger charge is -2.37. The van der Waals surface area contributed by atoms with Crippen LogP contribution in [0.3, 0.4) is 0 Å². The first-order valence-corrected chi connectivity index (χ1v) is 12.1. The first-order chi connectivity index (χ1) is 16.4. The van der Waals surface area contributed by atoms with Gasteiger partial charge in [-0.3, -0.25) is 9.78 Å². The fraction of sp³-hybridized carbons (Fsp3) is 0.481. The number of rotatable bonds is 10. The number of pyridine rings is 1. The van der Waals surface area contributed by atoms with Gasteiger partial charge in [0.2, 0.25) is 0 Å². The molecule has 2 aromatic heterocycles. The van der Waals surface area contributed by atoms with E-state index in [1.165, 1.54) is 5.56 Å². The predicted molar refractivity (Wildman–Crippen MR) is 132 cm³/mol. The lowest BCUT2D eigenvalue weighted by Crippen LogP contribution is -2.44. The van der Waals surface area contributed by atoms with Crippen LogP contribution in [0.25, 0.3) is 10.9 Å². The topological polar surface area (TPSA) is 87.8 Å². The molecule has 3 heterocycles. The quantitative estimate of drug-likeness (QED) is 0.470. The first-order valence-electron chi connectivity index (χ1n) is 12.1. The fourth-order valence-corrected chi connectivity index (χ4v) is 5.20. The molecule has 1 aliphatic heterocycles. The van der Waals surface area contributed by atoms with Crippen LogP contribution in [0.15, 0.2) is 48.9 Å². The third kappa shape index (κ3) is 5.77. The molecule has 2 N–H and O–H groups in total. The molecule has 7 nitrogen and oxygen atoms in total. The summed E-state index contributed by atoms with van der Waals surface area (Å²) in [7, 11) is 3.64. The molecular weight excluding hydrogens is 430 g/mol. The molecule has 0 spiro atoms. The van der Waals surface area contributed by atoms with E-state index >= 15 is 0 Å². The minimum absolute atomic E-state index is 0.0696. The highest BCUT2D eigenvalue weighted by Crippen LogP contribution is 2.33. The Balaban J connectivity index is 1.33. The summed E-state index contributed by atoms with van der Waals surface area (Å²) < 4.78 is 7.39. The molecule has 7 heteroatoms. The average molecular weight is 466 g/mol. The molecule has 1 aliphatic rings. The number of aliphatic carboxylic acids is 1. The Morgan fingerprint density at radius 2 is 2.15 bits per heavy atom. The third-order valence-electron chi connectivity index (χ3n) is 7.14. The predicted octanol–water partition coefficient (Wildman–Crippen LogP) is 4.05. The number of benzene rings is 1. The van der Waals surface area contributed by atoms with Crippen molar-refractivity contribution in [3.8, 4) is 5.75 Å². The molecule has 0 radical (unpaired) electrons. The summed E-state index contributed by atoms with van der Waals surface area (Å²) in [6.45, 7) is 2.41. The van der Waals surface area contributed by atoms with Gasteiger partial charge in [0.15, 0.2) is 0 Å². The SMILES string of the molecule is COc1ccc2nccc(C(O)CC[C@@H]3CCN(CCCc4ccn(C)c4)C[C@@H]3C(=O)O)c2c1. The van der Waals surface area contributed by atoms with Gasteiger partial charge in [0, 0.05) is 37.6 Å². The second-order valence-electron chi connectivity index (χ2n) is 9.46. The number of aryl methyl sites for hydroxylation is 2.